The van der Waals surface area contributed by atoms with Gasteiger partial charge in [0.1, 0.15) is 0 Å². The number of benzene rings is 2. The predicted molar refractivity (Wildman–Crippen MR) is 98.2 cm³/mol. The van der Waals surface area contributed by atoms with Gasteiger partial charge in [0.2, 0.25) is 5.91 Å². The summed E-state index contributed by atoms with van der Waals surface area (Å²) in [6.45, 7) is 1.14. The second-order valence-electron chi connectivity index (χ2n) is 5.98. The van der Waals surface area contributed by atoms with Gasteiger partial charge in [-0.25, -0.2) is 4.79 Å². The number of anilines is 1. The lowest BCUT2D eigenvalue weighted by molar-refractivity contribution is -0.137. The molecule has 0 aromatic heterocycles. The van der Waals surface area contributed by atoms with Crippen molar-refractivity contribution in [2.24, 2.45) is 0 Å². The van der Waals surface area contributed by atoms with E-state index in [-0.39, 0.29) is 11.9 Å². The van der Waals surface area contributed by atoms with Gasteiger partial charge >= 0.3 is 5.97 Å². The smallest absolute Gasteiger partial charge is 0.330 e. The number of hydrogen-bond acceptors (Lipinski definition) is 3. The molecule has 1 aliphatic rings. The fraction of sp³-hybridized carbons (Fsp3) is 0.238. The molecule has 1 amide bonds. The van der Waals surface area contributed by atoms with Crippen LogP contribution in [-0.2, 0) is 20.7 Å². The molecular weight excluding hydrogens is 314 g/mol. The number of ether oxygens (including phenoxy) is 1. The van der Waals surface area contributed by atoms with Crippen LogP contribution in [0, 0.1) is 0 Å². The molecule has 1 saturated heterocycles. The van der Waals surface area contributed by atoms with Crippen molar-refractivity contribution in [2.75, 3.05) is 18.1 Å². The minimum absolute atomic E-state index is 0.172. The van der Waals surface area contributed by atoms with Crippen molar-refractivity contribution in [3.63, 3.8) is 0 Å². The maximum absolute atomic E-state index is 11.8. The van der Waals surface area contributed by atoms with E-state index in [1.165, 1.54) is 6.08 Å². The zero-order chi connectivity index (χ0) is 17.5. The highest BCUT2D eigenvalue weighted by molar-refractivity contribution is 5.95. The van der Waals surface area contributed by atoms with Crippen LogP contribution in [0.5, 0.6) is 0 Å². The predicted octanol–water partition coefficient (Wildman–Crippen LogP) is 3.61. The third-order valence-electron chi connectivity index (χ3n) is 4.17. The van der Waals surface area contributed by atoms with Crippen LogP contribution in [0.2, 0.25) is 0 Å². The van der Waals surface area contributed by atoms with E-state index in [0.29, 0.717) is 19.4 Å². The van der Waals surface area contributed by atoms with Crippen molar-refractivity contribution in [3.05, 3.63) is 71.8 Å². The highest BCUT2D eigenvalue weighted by Gasteiger charge is 2.21. The molecule has 4 heteroatoms. The van der Waals surface area contributed by atoms with Gasteiger partial charge in [-0.1, -0.05) is 42.5 Å². The first-order valence-corrected chi connectivity index (χ1v) is 8.51. The minimum Gasteiger partial charge on any atom is -0.462 e. The van der Waals surface area contributed by atoms with Crippen LogP contribution in [0.4, 0.5) is 5.69 Å². The quantitative estimate of drug-likeness (QED) is 0.598. The Hall–Kier alpha value is -2.88. The first kappa shape index (κ1) is 17.0. The van der Waals surface area contributed by atoms with Gasteiger partial charge in [-0.15, -0.1) is 0 Å². The molecule has 0 saturated carbocycles. The largest absolute Gasteiger partial charge is 0.462 e. The van der Waals surface area contributed by atoms with Gasteiger partial charge in [0.25, 0.3) is 0 Å². The second kappa shape index (κ2) is 8.29. The fourth-order valence-corrected chi connectivity index (χ4v) is 2.81. The zero-order valence-electron chi connectivity index (χ0n) is 14.1. The van der Waals surface area contributed by atoms with Crippen molar-refractivity contribution in [1.29, 1.82) is 0 Å². The zero-order valence-corrected chi connectivity index (χ0v) is 14.1. The van der Waals surface area contributed by atoms with E-state index in [1.54, 1.807) is 11.0 Å². The number of esters is 1. The van der Waals surface area contributed by atoms with E-state index in [9.17, 15) is 9.59 Å². The van der Waals surface area contributed by atoms with E-state index in [1.807, 2.05) is 54.6 Å². The SMILES string of the molecule is O=C(/C=C/c1ccc(N2CCCC2=O)cc1)OCCc1ccccc1. The molecule has 1 fully saturated rings. The monoisotopic (exact) mass is 335 g/mol. The lowest BCUT2D eigenvalue weighted by Crippen LogP contribution is -2.23. The molecule has 3 rings (SSSR count). The van der Waals surface area contributed by atoms with Crippen LogP contribution < -0.4 is 4.90 Å². The molecule has 25 heavy (non-hydrogen) atoms. The van der Waals surface area contributed by atoms with Crippen LogP contribution in [0.3, 0.4) is 0 Å². The van der Waals surface area contributed by atoms with E-state index in [4.69, 9.17) is 4.74 Å². The Morgan fingerprint density at radius 1 is 1.08 bits per heavy atom. The lowest BCUT2D eigenvalue weighted by Gasteiger charge is -2.15. The maximum Gasteiger partial charge on any atom is 0.330 e. The highest BCUT2D eigenvalue weighted by Crippen LogP contribution is 2.21. The van der Waals surface area contributed by atoms with Crippen LogP contribution in [0.15, 0.2) is 60.7 Å². The lowest BCUT2D eigenvalue weighted by atomic mass is 10.2. The summed E-state index contributed by atoms with van der Waals surface area (Å²) in [5.41, 5.74) is 2.95. The third-order valence-corrected chi connectivity index (χ3v) is 4.17. The number of rotatable bonds is 6. The molecule has 4 nitrogen and oxygen atoms in total. The molecule has 0 atom stereocenters. The van der Waals surface area contributed by atoms with Crippen LogP contribution in [0.1, 0.15) is 24.0 Å². The van der Waals surface area contributed by atoms with E-state index >= 15 is 0 Å². The molecule has 1 heterocycles. The third kappa shape index (κ3) is 4.80. The molecular formula is C21H21NO3. The second-order valence-corrected chi connectivity index (χ2v) is 5.98. The molecule has 0 unspecified atom stereocenters. The van der Waals surface area contributed by atoms with Crippen molar-refractivity contribution in [1.82, 2.24) is 0 Å². The fourth-order valence-electron chi connectivity index (χ4n) is 2.81. The van der Waals surface area contributed by atoms with E-state index in [2.05, 4.69) is 0 Å². The van der Waals surface area contributed by atoms with Gasteiger partial charge in [-0.3, -0.25) is 4.79 Å². The average molecular weight is 335 g/mol. The summed E-state index contributed by atoms with van der Waals surface area (Å²) in [6, 6.07) is 17.5. The Kier molecular flexibility index (Phi) is 5.62. The van der Waals surface area contributed by atoms with Crippen LogP contribution >= 0.6 is 0 Å². The summed E-state index contributed by atoms with van der Waals surface area (Å²) in [5, 5.41) is 0. The van der Waals surface area contributed by atoms with Gasteiger partial charge in [-0.2, -0.15) is 0 Å². The number of amides is 1. The van der Waals surface area contributed by atoms with Gasteiger partial charge in [0.15, 0.2) is 0 Å². The first-order chi connectivity index (χ1) is 12.2. The highest BCUT2D eigenvalue weighted by atomic mass is 16.5. The van der Waals surface area contributed by atoms with Crippen molar-refractivity contribution < 1.29 is 14.3 Å². The topological polar surface area (TPSA) is 46.6 Å². The Balaban J connectivity index is 1.48. The van der Waals surface area contributed by atoms with Crippen molar-refractivity contribution in [2.45, 2.75) is 19.3 Å². The van der Waals surface area contributed by atoms with Crippen molar-refractivity contribution in [3.8, 4) is 0 Å². The van der Waals surface area contributed by atoms with Crippen molar-refractivity contribution >= 4 is 23.6 Å². The van der Waals surface area contributed by atoms with Crippen LogP contribution in [-0.4, -0.2) is 25.0 Å². The molecule has 2 aromatic carbocycles. The van der Waals surface area contributed by atoms with Gasteiger partial charge in [0.05, 0.1) is 6.61 Å². The Labute approximate surface area is 147 Å². The summed E-state index contributed by atoms with van der Waals surface area (Å²) >= 11 is 0. The normalized spacial score (nSPS) is 14.2. The molecule has 1 aliphatic heterocycles. The summed E-state index contributed by atoms with van der Waals surface area (Å²) < 4.78 is 5.21. The minimum atomic E-state index is -0.352. The first-order valence-electron chi connectivity index (χ1n) is 8.51. The number of carbonyl (C=O) groups excluding carboxylic acids is 2. The molecule has 0 aliphatic carbocycles. The Bertz CT molecular complexity index is 750. The molecule has 2 aromatic rings. The summed E-state index contributed by atoms with van der Waals surface area (Å²) in [6.07, 6.45) is 5.40. The van der Waals surface area contributed by atoms with Crippen LogP contribution in [0.25, 0.3) is 6.08 Å². The summed E-state index contributed by atoms with van der Waals surface area (Å²) in [4.78, 5) is 25.3. The van der Waals surface area contributed by atoms with Gasteiger partial charge in [-0.05, 0) is 35.8 Å². The number of nitrogens with zero attached hydrogens (tertiary/aromatic N) is 1. The summed E-state index contributed by atoms with van der Waals surface area (Å²) in [5.74, 6) is -0.181. The average Bonchev–Trinajstić information content (AvgIpc) is 3.07. The number of hydrogen-bond donors (Lipinski definition) is 0. The Morgan fingerprint density at radius 2 is 1.84 bits per heavy atom. The Morgan fingerprint density at radius 3 is 2.52 bits per heavy atom. The molecule has 0 bridgehead atoms. The maximum atomic E-state index is 11.8. The summed E-state index contributed by atoms with van der Waals surface area (Å²) in [7, 11) is 0. The van der Waals surface area contributed by atoms with Gasteiger partial charge in [0, 0.05) is 31.1 Å². The molecule has 0 radical (unpaired) electrons. The molecule has 0 spiro atoms. The molecule has 128 valence electrons. The van der Waals surface area contributed by atoms with Gasteiger partial charge < -0.3 is 9.64 Å². The van der Waals surface area contributed by atoms with E-state index < -0.39 is 0 Å². The molecule has 0 N–H and O–H groups in total. The van der Waals surface area contributed by atoms with E-state index in [0.717, 1.165) is 29.8 Å². The standard InChI is InChI=1S/C21H21NO3/c23-20-7-4-15-22(20)19-11-8-18(9-12-19)10-13-21(24)25-16-14-17-5-2-1-3-6-17/h1-3,5-6,8-13H,4,7,14-16H2/b13-10+. The number of carbonyl (C=O) groups is 2.